The first kappa shape index (κ1) is 14.9. The number of hydrogen-bond donors (Lipinski definition) is 1. The van der Waals surface area contributed by atoms with Crippen molar-refractivity contribution in [3.05, 3.63) is 16.1 Å². The maximum atomic E-state index is 12.7. The van der Waals surface area contributed by atoms with Crippen molar-refractivity contribution >= 4 is 17.2 Å². The largest absolute Gasteiger partial charge is 0.365 e. The number of nitrogens with zero attached hydrogens (tertiary/aromatic N) is 2. The number of rotatable bonds is 1. The van der Waals surface area contributed by atoms with Crippen LogP contribution in [0.2, 0.25) is 0 Å². The van der Waals surface area contributed by atoms with Crippen LogP contribution in [0.4, 0.5) is 0 Å². The molecule has 0 aromatic carbocycles. The molecule has 0 bridgehead atoms. The van der Waals surface area contributed by atoms with Gasteiger partial charge in [-0.1, -0.05) is 0 Å². The van der Waals surface area contributed by atoms with Gasteiger partial charge in [0.25, 0.3) is 5.91 Å². The van der Waals surface area contributed by atoms with E-state index < -0.39 is 0 Å². The molecule has 116 valence electrons. The summed E-state index contributed by atoms with van der Waals surface area (Å²) < 4.78 is 6.37. The lowest BCUT2D eigenvalue weighted by atomic mass is 9.87. The molecule has 1 spiro atoms. The number of hydrogen-bond acceptors (Lipinski definition) is 5. The van der Waals surface area contributed by atoms with E-state index in [0.717, 1.165) is 30.9 Å². The Kier molecular flexibility index (Phi) is 3.80. The summed E-state index contributed by atoms with van der Waals surface area (Å²) in [6.45, 7) is 9.27. The summed E-state index contributed by atoms with van der Waals surface area (Å²) in [5, 5.41) is 6.16. The van der Waals surface area contributed by atoms with Gasteiger partial charge in [-0.25, -0.2) is 4.98 Å². The van der Waals surface area contributed by atoms with Crippen molar-refractivity contribution in [1.29, 1.82) is 0 Å². The van der Waals surface area contributed by atoms with Gasteiger partial charge in [0.15, 0.2) is 0 Å². The number of carbonyl (C=O) groups is 1. The van der Waals surface area contributed by atoms with E-state index in [1.807, 2.05) is 17.2 Å². The molecule has 3 heterocycles. The van der Waals surface area contributed by atoms with Crippen LogP contribution in [-0.2, 0) is 4.74 Å². The number of thiazole rings is 1. The molecule has 0 atom stereocenters. The van der Waals surface area contributed by atoms with E-state index in [2.05, 4.69) is 24.1 Å². The van der Waals surface area contributed by atoms with E-state index in [9.17, 15) is 4.79 Å². The Morgan fingerprint density at radius 3 is 2.71 bits per heavy atom. The topological polar surface area (TPSA) is 54.5 Å². The summed E-state index contributed by atoms with van der Waals surface area (Å²) in [5.41, 5.74) is 0.0589. The molecule has 5 nitrogen and oxygen atoms in total. The Morgan fingerprint density at radius 1 is 1.38 bits per heavy atom. The zero-order valence-corrected chi connectivity index (χ0v) is 13.8. The van der Waals surface area contributed by atoms with Crippen LogP contribution < -0.4 is 5.32 Å². The molecule has 0 unspecified atom stereocenters. The second-order valence-corrected chi connectivity index (χ2v) is 7.77. The molecule has 6 heteroatoms. The van der Waals surface area contributed by atoms with E-state index in [4.69, 9.17) is 4.74 Å². The lowest BCUT2D eigenvalue weighted by Crippen LogP contribution is -2.63. The van der Waals surface area contributed by atoms with Crippen molar-refractivity contribution < 1.29 is 9.53 Å². The number of nitrogens with one attached hydrogen (secondary N) is 1. The van der Waals surface area contributed by atoms with Gasteiger partial charge in [-0.05, 0) is 46.7 Å². The summed E-state index contributed by atoms with van der Waals surface area (Å²) >= 11 is 1.52. The summed E-state index contributed by atoms with van der Waals surface area (Å²) in [6.07, 6.45) is 1.91. The quantitative estimate of drug-likeness (QED) is 0.860. The molecule has 1 aromatic rings. The minimum Gasteiger partial charge on any atom is -0.365 e. The summed E-state index contributed by atoms with van der Waals surface area (Å²) in [5.74, 6) is 0.0358. The highest BCUT2D eigenvalue weighted by atomic mass is 32.1. The third-order valence-corrected chi connectivity index (χ3v) is 4.96. The number of amides is 1. The van der Waals surface area contributed by atoms with Crippen molar-refractivity contribution in [1.82, 2.24) is 15.2 Å². The Hall–Kier alpha value is -0.980. The average molecular weight is 309 g/mol. The molecular formula is C15H23N3O2S. The number of piperidine rings is 1. The highest BCUT2D eigenvalue weighted by Gasteiger charge is 2.46. The molecule has 2 aliphatic heterocycles. The van der Waals surface area contributed by atoms with Gasteiger partial charge in [-0.2, -0.15) is 0 Å². The molecule has 3 rings (SSSR count). The molecule has 21 heavy (non-hydrogen) atoms. The third kappa shape index (κ3) is 3.12. The summed E-state index contributed by atoms with van der Waals surface area (Å²) in [6, 6.07) is 0. The minimum atomic E-state index is -0.309. The maximum absolute atomic E-state index is 12.7. The standard InChI is InChI=1S/C15H23N3O2S/c1-11-17-12(8-21-11)13(19)18-9-14(2,3)20-15(10-18)4-6-16-7-5-15/h8,16H,4-7,9-10H2,1-3H3. The number of morpholine rings is 1. The molecule has 0 radical (unpaired) electrons. The van der Waals surface area contributed by atoms with Gasteiger partial charge in [-0.3, -0.25) is 4.79 Å². The van der Waals surface area contributed by atoms with Crippen molar-refractivity contribution in [3.63, 3.8) is 0 Å². The van der Waals surface area contributed by atoms with E-state index in [1.54, 1.807) is 0 Å². The van der Waals surface area contributed by atoms with E-state index in [1.165, 1.54) is 11.3 Å². The van der Waals surface area contributed by atoms with Crippen LogP contribution in [0.1, 0.15) is 42.2 Å². The van der Waals surface area contributed by atoms with E-state index >= 15 is 0 Å². The lowest BCUT2D eigenvalue weighted by molar-refractivity contribution is -0.197. The number of aromatic nitrogens is 1. The summed E-state index contributed by atoms with van der Waals surface area (Å²) in [7, 11) is 0. The maximum Gasteiger partial charge on any atom is 0.273 e. The van der Waals surface area contributed by atoms with Gasteiger partial charge in [0.05, 0.1) is 22.8 Å². The zero-order valence-electron chi connectivity index (χ0n) is 12.9. The van der Waals surface area contributed by atoms with Crippen molar-refractivity contribution in [2.24, 2.45) is 0 Å². The summed E-state index contributed by atoms with van der Waals surface area (Å²) in [4.78, 5) is 19.0. The predicted octanol–water partition coefficient (Wildman–Crippen LogP) is 1.82. The normalized spacial score (nSPS) is 24.2. The van der Waals surface area contributed by atoms with Gasteiger partial charge < -0.3 is 15.0 Å². The van der Waals surface area contributed by atoms with Crippen LogP contribution in [0.3, 0.4) is 0 Å². The first-order valence-electron chi connectivity index (χ1n) is 7.52. The number of ether oxygens (including phenoxy) is 1. The monoisotopic (exact) mass is 309 g/mol. The molecule has 1 amide bonds. The Bertz CT molecular complexity index is 535. The molecule has 1 aromatic heterocycles. The van der Waals surface area contributed by atoms with Crippen LogP contribution >= 0.6 is 11.3 Å². The van der Waals surface area contributed by atoms with Crippen LogP contribution in [0, 0.1) is 6.92 Å². The van der Waals surface area contributed by atoms with Gasteiger partial charge in [0.1, 0.15) is 5.69 Å². The molecule has 0 saturated carbocycles. The Balaban J connectivity index is 1.82. The first-order chi connectivity index (χ1) is 9.89. The van der Waals surface area contributed by atoms with Gasteiger partial charge >= 0.3 is 0 Å². The molecule has 1 N–H and O–H groups in total. The van der Waals surface area contributed by atoms with Crippen molar-refractivity contribution in [3.8, 4) is 0 Å². The smallest absolute Gasteiger partial charge is 0.273 e. The van der Waals surface area contributed by atoms with Gasteiger partial charge in [-0.15, -0.1) is 11.3 Å². The second kappa shape index (κ2) is 5.34. The van der Waals surface area contributed by atoms with Crippen molar-refractivity contribution in [2.45, 2.75) is 44.8 Å². The molecule has 2 aliphatic rings. The predicted molar refractivity (Wildman–Crippen MR) is 82.8 cm³/mol. The second-order valence-electron chi connectivity index (χ2n) is 6.71. The third-order valence-electron chi connectivity index (χ3n) is 4.18. The van der Waals surface area contributed by atoms with Crippen LogP contribution in [0.15, 0.2) is 5.38 Å². The fraction of sp³-hybridized carbons (Fsp3) is 0.733. The highest BCUT2D eigenvalue weighted by Crippen LogP contribution is 2.35. The SMILES string of the molecule is Cc1nc(C(=O)N2CC(C)(C)OC3(CCNCC3)C2)cs1. The zero-order chi connectivity index (χ0) is 15.1. The van der Waals surface area contributed by atoms with E-state index in [0.29, 0.717) is 18.8 Å². The van der Waals surface area contributed by atoms with Crippen LogP contribution in [0.25, 0.3) is 0 Å². The minimum absolute atomic E-state index is 0.0358. The van der Waals surface area contributed by atoms with Crippen LogP contribution in [-0.4, -0.2) is 53.2 Å². The molecule has 0 aliphatic carbocycles. The Labute approximate surface area is 129 Å². The van der Waals surface area contributed by atoms with Gasteiger partial charge in [0, 0.05) is 11.9 Å². The van der Waals surface area contributed by atoms with Gasteiger partial charge in [0.2, 0.25) is 0 Å². The fourth-order valence-corrected chi connectivity index (χ4v) is 4.01. The lowest BCUT2D eigenvalue weighted by Gasteiger charge is -2.51. The fourth-order valence-electron chi connectivity index (χ4n) is 3.42. The van der Waals surface area contributed by atoms with Crippen molar-refractivity contribution in [2.75, 3.05) is 26.2 Å². The molecular weight excluding hydrogens is 286 g/mol. The number of carbonyl (C=O) groups excluding carboxylic acids is 1. The molecule has 2 saturated heterocycles. The first-order valence-corrected chi connectivity index (χ1v) is 8.40. The number of aryl methyl sites for hydroxylation is 1. The van der Waals surface area contributed by atoms with Crippen LogP contribution in [0.5, 0.6) is 0 Å². The van der Waals surface area contributed by atoms with E-state index in [-0.39, 0.29) is 17.1 Å². The Morgan fingerprint density at radius 2 is 2.10 bits per heavy atom. The molecule has 2 fully saturated rings. The highest BCUT2D eigenvalue weighted by molar-refractivity contribution is 7.09. The average Bonchev–Trinajstić information content (AvgIpc) is 2.83.